The number of benzene rings is 1. The fourth-order valence-electron chi connectivity index (χ4n) is 3.90. The van der Waals surface area contributed by atoms with E-state index in [1.165, 1.54) is 12.1 Å². The van der Waals surface area contributed by atoms with Crippen LogP contribution >= 0.6 is 0 Å². The van der Waals surface area contributed by atoms with E-state index >= 15 is 0 Å². The zero-order chi connectivity index (χ0) is 26.6. The van der Waals surface area contributed by atoms with Crippen molar-refractivity contribution in [2.75, 3.05) is 17.2 Å². The zero-order valence-corrected chi connectivity index (χ0v) is 22.0. The van der Waals surface area contributed by atoms with Gasteiger partial charge in [-0.3, -0.25) is 10.6 Å². The molecule has 0 aromatic heterocycles. The van der Waals surface area contributed by atoms with Crippen molar-refractivity contribution in [1.29, 1.82) is 5.26 Å². The number of amides is 2. The van der Waals surface area contributed by atoms with Gasteiger partial charge in [-0.15, -0.1) is 0 Å². The highest BCUT2D eigenvalue weighted by Gasteiger charge is 2.31. The maximum absolute atomic E-state index is 12.4. The number of ether oxygens (including phenoxy) is 3. The predicted octanol–water partition coefficient (Wildman–Crippen LogP) is 7.29. The van der Waals surface area contributed by atoms with Gasteiger partial charge in [0.2, 0.25) is 0 Å². The van der Waals surface area contributed by atoms with Crippen molar-refractivity contribution in [3.63, 3.8) is 0 Å². The SMILES string of the molecule is CCCCCCCOC(=O)Nc1cc(C#N)cc(C)c1NC(=O)OC(=O)OC(C)(C)CC(C)(C)C. The molecule has 194 valence electrons. The molecule has 0 saturated carbocycles. The molecule has 35 heavy (non-hydrogen) atoms. The predicted molar refractivity (Wildman–Crippen MR) is 134 cm³/mol. The van der Waals surface area contributed by atoms with Gasteiger partial charge in [-0.2, -0.15) is 5.26 Å². The van der Waals surface area contributed by atoms with E-state index in [2.05, 4.69) is 17.6 Å². The first-order chi connectivity index (χ1) is 16.3. The summed E-state index contributed by atoms with van der Waals surface area (Å²) < 4.78 is 15.3. The lowest BCUT2D eigenvalue weighted by atomic mass is 9.84. The van der Waals surface area contributed by atoms with E-state index in [0.717, 1.165) is 32.1 Å². The van der Waals surface area contributed by atoms with Crippen LogP contribution in [0.3, 0.4) is 0 Å². The number of hydrogen-bond acceptors (Lipinski definition) is 7. The fourth-order valence-corrected chi connectivity index (χ4v) is 3.90. The number of unbranched alkanes of at least 4 members (excludes halogenated alkanes) is 4. The van der Waals surface area contributed by atoms with Gasteiger partial charge in [-0.1, -0.05) is 53.4 Å². The number of aryl methyl sites for hydroxylation is 1. The van der Waals surface area contributed by atoms with Crippen LogP contribution in [-0.4, -0.2) is 30.5 Å². The summed E-state index contributed by atoms with van der Waals surface area (Å²) in [6.07, 6.45) is 2.68. The van der Waals surface area contributed by atoms with Gasteiger partial charge in [0.15, 0.2) is 0 Å². The van der Waals surface area contributed by atoms with Gasteiger partial charge in [0.1, 0.15) is 5.60 Å². The largest absolute Gasteiger partial charge is 0.517 e. The maximum atomic E-state index is 12.4. The van der Waals surface area contributed by atoms with Crippen LogP contribution < -0.4 is 10.6 Å². The molecule has 2 N–H and O–H groups in total. The van der Waals surface area contributed by atoms with Crippen LogP contribution in [0.1, 0.15) is 91.2 Å². The van der Waals surface area contributed by atoms with Crippen LogP contribution in [-0.2, 0) is 14.2 Å². The number of anilines is 2. The number of rotatable bonds is 10. The van der Waals surface area contributed by atoms with Crippen molar-refractivity contribution in [1.82, 2.24) is 0 Å². The van der Waals surface area contributed by atoms with Crippen molar-refractivity contribution in [2.45, 2.75) is 92.6 Å². The molecule has 0 radical (unpaired) electrons. The van der Waals surface area contributed by atoms with Gasteiger partial charge in [-0.25, -0.2) is 14.4 Å². The number of hydrogen-bond donors (Lipinski definition) is 2. The Morgan fingerprint density at radius 3 is 2.23 bits per heavy atom. The number of nitrogens with one attached hydrogen (secondary N) is 2. The minimum Gasteiger partial charge on any atom is -0.449 e. The molecular formula is C26H39N3O6. The van der Waals surface area contributed by atoms with E-state index in [1.54, 1.807) is 20.8 Å². The van der Waals surface area contributed by atoms with Crippen molar-refractivity contribution in [2.24, 2.45) is 5.41 Å². The number of nitriles is 1. The molecule has 9 heteroatoms. The van der Waals surface area contributed by atoms with Crippen molar-refractivity contribution in [3.05, 3.63) is 23.3 Å². The van der Waals surface area contributed by atoms with E-state index in [4.69, 9.17) is 14.2 Å². The third-order valence-corrected chi connectivity index (χ3v) is 4.90. The van der Waals surface area contributed by atoms with E-state index in [9.17, 15) is 19.6 Å². The summed E-state index contributed by atoms with van der Waals surface area (Å²) in [4.78, 5) is 36.8. The monoisotopic (exact) mass is 489 g/mol. The first-order valence-electron chi connectivity index (χ1n) is 12.0. The molecule has 0 saturated heterocycles. The van der Waals surface area contributed by atoms with E-state index in [0.29, 0.717) is 12.0 Å². The van der Waals surface area contributed by atoms with Crippen molar-refractivity contribution in [3.8, 4) is 6.07 Å². The molecule has 0 heterocycles. The third kappa shape index (κ3) is 12.1. The molecule has 0 spiro atoms. The lowest BCUT2D eigenvalue weighted by molar-refractivity contribution is -0.0200. The van der Waals surface area contributed by atoms with Gasteiger partial charge in [0.25, 0.3) is 0 Å². The quantitative estimate of drug-likeness (QED) is 0.201. The van der Waals surface area contributed by atoms with Crippen LogP contribution in [0.15, 0.2) is 12.1 Å². The molecule has 0 bridgehead atoms. The topological polar surface area (TPSA) is 127 Å². The molecule has 0 fully saturated rings. The van der Waals surface area contributed by atoms with Crippen LogP contribution in [0, 0.1) is 23.7 Å². The van der Waals surface area contributed by atoms with Crippen molar-refractivity contribution < 1.29 is 28.6 Å². The first kappa shape index (κ1) is 29.8. The first-order valence-corrected chi connectivity index (χ1v) is 12.0. The smallest absolute Gasteiger partial charge is 0.449 e. The summed E-state index contributed by atoms with van der Waals surface area (Å²) >= 11 is 0. The Balaban J connectivity index is 2.82. The molecule has 0 unspecified atom stereocenters. The van der Waals surface area contributed by atoms with Gasteiger partial charge in [-0.05, 0) is 56.7 Å². The standard InChI is InChI=1S/C26H39N3O6/c1-8-9-10-11-12-13-33-22(30)28-20-15-19(16-27)14-18(2)21(20)29-23(31)34-24(32)35-26(6,7)17-25(3,4)5/h14-15H,8-13,17H2,1-7H3,(H,28,30)(H,29,31). The Hall–Kier alpha value is -3.28. The molecule has 0 atom stereocenters. The van der Waals surface area contributed by atoms with E-state index < -0.39 is 23.9 Å². The minimum absolute atomic E-state index is 0.101. The lowest BCUT2D eigenvalue weighted by Gasteiger charge is -2.31. The molecule has 9 nitrogen and oxygen atoms in total. The number of nitrogens with zero attached hydrogens (tertiary/aromatic N) is 1. The second-order valence-electron chi connectivity index (χ2n) is 10.4. The Labute approximate surface area is 208 Å². The Bertz CT molecular complexity index is 928. The molecule has 1 rings (SSSR count). The maximum Gasteiger partial charge on any atom is 0.517 e. The van der Waals surface area contributed by atoms with Gasteiger partial charge < -0.3 is 14.2 Å². The highest BCUT2D eigenvalue weighted by Crippen LogP contribution is 2.30. The molecule has 0 aliphatic heterocycles. The Morgan fingerprint density at radius 1 is 0.971 bits per heavy atom. The van der Waals surface area contributed by atoms with Crippen LogP contribution in [0.5, 0.6) is 0 Å². The van der Waals surface area contributed by atoms with Gasteiger partial charge in [0.05, 0.1) is 29.6 Å². The molecule has 0 aliphatic carbocycles. The second-order valence-corrected chi connectivity index (χ2v) is 10.4. The molecule has 1 aromatic carbocycles. The average Bonchev–Trinajstić information content (AvgIpc) is 2.70. The Morgan fingerprint density at radius 2 is 1.63 bits per heavy atom. The molecule has 0 aliphatic rings. The Kier molecular flexibility index (Phi) is 11.5. The van der Waals surface area contributed by atoms with Crippen LogP contribution in [0.2, 0.25) is 0 Å². The fraction of sp³-hybridized carbons (Fsp3) is 0.615. The molecule has 2 amide bonds. The summed E-state index contributed by atoms with van der Waals surface area (Å²) in [5.74, 6) is 0. The lowest BCUT2D eigenvalue weighted by Crippen LogP contribution is -2.34. The van der Waals surface area contributed by atoms with E-state index in [1.807, 2.05) is 26.8 Å². The minimum atomic E-state index is -1.14. The van der Waals surface area contributed by atoms with Crippen LogP contribution in [0.25, 0.3) is 0 Å². The highest BCUT2D eigenvalue weighted by atomic mass is 16.8. The number of carbonyl (C=O) groups is 3. The zero-order valence-electron chi connectivity index (χ0n) is 22.0. The summed E-state index contributed by atoms with van der Waals surface area (Å²) in [7, 11) is 0. The highest BCUT2D eigenvalue weighted by molar-refractivity contribution is 5.98. The summed E-state index contributed by atoms with van der Waals surface area (Å²) in [6.45, 7) is 13.5. The summed E-state index contributed by atoms with van der Waals surface area (Å²) in [5, 5.41) is 14.3. The normalized spacial score (nSPS) is 11.3. The summed E-state index contributed by atoms with van der Waals surface area (Å²) in [5.41, 5.74) is 0.145. The second kappa shape index (κ2) is 13.6. The summed E-state index contributed by atoms with van der Waals surface area (Å²) in [6, 6.07) is 4.93. The van der Waals surface area contributed by atoms with Gasteiger partial charge in [0, 0.05) is 0 Å². The third-order valence-electron chi connectivity index (χ3n) is 4.90. The van der Waals surface area contributed by atoms with Crippen molar-refractivity contribution >= 4 is 29.7 Å². The van der Waals surface area contributed by atoms with Gasteiger partial charge >= 0.3 is 18.3 Å². The van der Waals surface area contributed by atoms with E-state index in [-0.39, 0.29) is 29.0 Å². The van der Waals surface area contributed by atoms with Crippen LogP contribution in [0.4, 0.5) is 25.8 Å². The molecular weight excluding hydrogens is 450 g/mol. The number of carbonyl (C=O) groups excluding carboxylic acids is 3. The molecule has 1 aromatic rings. The average molecular weight is 490 g/mol.